The van der Waals surface area contributed by atoms with Gasteiger partial charge in [-0.1, -0.05) is 26.0 Å². The van der Waals surface area contributed by atoms with Crippen LogP contribution in [0.15, 0.2) is 35.7 Å². The number of thiazole rings is 1. The van der Waals surface area contributed by atoms with Gasteiger partial charge in [-0.3, -0.25) is 19.1 Å². The molecule has 7 rings (SSSR count). The quantitative estimate of drug-likeness (QED) is 0.305. The van der Waals surface area contributed by atoms with E-state index in [1.54, 1.807) is 14.0 Å². The number of methoxy groups -OCH3 is 1. The predicted octanol–water partition coefficient (Wildman–Crippen LogP) is 4.78. The Balaban J connectivity index is 1.21. The van der Waals surface area contributed by atoms with E-state index in [-0.39, 0.29) is 37.1 Å². The first-order valence-corrected chi connectivity index (χ1v) is 20.8. The molecule has 2 aromatic heterocycles. The molecular weight excluding hydrogens is 719 g/mol. The average molecular weight is 766 g/mol. The lowest BCUT2D eigenvalue weighted by Crippen LogP contribution is -2.57. The zero-order valence-corrected chi connectivity index (χ0v) is 32.3. The summed E-state index contributed by atoms with van der Waals surface area (Å²) in [5, 5.41) is 5.82. The van der Waals surface area contributed by atoms with Gasteiger partial charge < -0.3 is 24.4 Å². The second kappa shape index (κ2) is 14.6. The summed E-state index contributed by atoms with van der Waals surface area (Å²) in [6, 6.07) is 4.59. The van der Waals surface area contributed by atoms with Gasteiger partial charge in [-0.25, -0.2) is 18.4 Å². The molecule has 1 saturated heterocycles. The summed E-state index contributed by atoms with van der Waals surface area (Å²) in [7, 11) is -2.24. The first-order valence-electron chi connectivity index (χ1n) is 18.4. The smallest absolute Gasteiger partial charge is 0.259 e. The normalized spacial score (nSPS) is 26.7. The minimum atomic E-state index is -3.85. The van der Waals surface area contributed by atoms with E-state index in [1.165, 1.54) is 16.2 Å². The minimum absolute atomic E-state index is 0.0895. The van der Waals surface area contributed by atoms with E-state index in [2.05, 4.69) is 23.9 Å². The second-order valence-electron chi connectivity index (χ2n) is 14.9. The first-order chi connectivity index (χ1) is 25.3. The molecule has 1 aromatic carbocycles. The topological polar surface area (TPSA) is 166 Å². The molecule has 284 valence electrons. The molecule has 2 aliphatic heterocycles. The molecule has 2 aliphatic carbocycles. The van der Waals surface area contributed by atoms with Crippen LogP contribution in [0.2, 0.25) is 0 Å². The molecule has 53 heavy (non-hydrogen) atoms. The zero-order chi connectivity index (χ0) is 37.7. The van der Waals surface area contributed by atoms with Gasteiger partial charge in [0.15, 0.2) is 0 Å². The zero-order valence-electron chi connectivity index (χ0n) is 30.7. The summed E-state index contributed by atoms with van der Waals surface area (Å²) in [5.74, 6) is -0.608. The van der Waals surface area contributed by atoms with Gasteiger partial charge in [0.1, 0.15) is 46.0 Å². The number of sulfonamides is 1. The van der Waals surface area contributed by atoms with Gasteiger partial charge in [0, 0.05) is 41.3 Å². The molecule has 15 heteroatoms. The highest BCUT2D eigenvalue weighted by Crippen LogP contribution is 2.46. The van der Waals surface area contributed by atoms with Crippen LogP contribution < -0.4 is 19.5 Å². The number of pyridine rings is 1. The lowest BCUT2D eigenvalue weighted by atomic mass is 10.1. The van der Waals surface area contributed by atoms with Crippen LogP contribution in [-0.4, -0.2) is 90.3 Å². The maximum absolute atomic E-state index is 14.3. The van der Waals surface area contributed by atoms with E-state index in [9.17, 15) is 22.8 Å². The van der Waals surface area contributed by atoms with Crippen molar-refractivity contribution in [1.82, 2.24) is 24.9 Å². The van der Waals surface area contributed by atoms with Crippen LogP contribution in [0, 0.1) is 12.8 Å². The van der Waals surface area contributed by atoms with E-state index in [0.29, 0.717) is 42.2 Å². The van der Waals surface area contributed by atoms with Crippen molar-refractivity contribution in [2.24, 2.45) is 5.92 Å². The molecule has 5 atom stereocenters. The number of hydrogen-bond donors (Lipinski definition) is 2. The number of allylic oxidation sites excluding steroid dienone is 1. The van der Waals surface area contributed by atoms with Crippen LogP contribution in [0.3, 0.4) is 0 Å². The van der Waals surface area contributed by atoms with Crippen molar-refractivity contribution in [3.63, 3.8) is 0 Å². The highest BCUT2D eigenvalue weighted by molar-refractivity contribution is 7.91. The number of carbonyl (C=O) groups excluding carboxylic acids is 3. The fourth-order valence-corrected chi connectivity index (χ4v) is 9.49. The summed E-state index contributed by atoms with van der Waals surface area (Å²) >= 11 is 1.50. The van der Waals surface area contributed by atoms with Gasteiger partial charge in [-0.15, -0.1) is 11.3 Å². The molecule has 2 N–H and O–H groups in total. The third-order valence-corrected chi connectivity index (χ3v) is 13.4. The van der Waals surface area contributed by atoms with Crippen molar-refractivity contribution in [1.29, 1.82) is 0 Å². The van der Waals surface area contributed by atoms with Crippen molar-refractivity contribution in [3.8, 4) is 22.2 Å². The molecule has 0 radical (unpaired) electrons. The number of rotatable bonds is 8. The maximum atomic E-state index is 14.3. The monoisotopic (exact) mass is 765 g/mol. The summed E-state index contributed by atoms with van der Waals surface area (Å²) in [6.07, 6.45) is 6.05. The average Bonchev–Trinajstić information content (AvgIpc) is 4.00. The van der Waals surface area contributed by atoms with Crippen molar-refractivity contribution in [2.75, 3.05) is 20.3 Å². The molecule has 2 saturated carbocycles. The van der Waals surface area contributed by atoms with E-state index in [0.717, 1.165) is 40.9 Å². The Labute approximate surface area is 313 Å². The Bertz CT molecular complexity index is 2060. The number of ether oxygens (including phenoxy) is 3. The predicted molar refractivity (Wildman–Crippen MR) is 200 cm³/mol. The Morgan fingerprint density at radius 2 is 1.96 bits per heavy atom. The number of benzene rings is 1. The van der Waals surface area contributed by atoms with Crippen LogP contribution in [0.25, 0.3) is 21.6 Å². The molecule has 4 aliphatic rings. The first kappa shape index (κ1) is 37.2. The third kappa shape index (κ3) is 7.52. The van der Waals surface area contributed by atoms with E-state index < -0.39 is 50.9 Å². The van der Waals surface area contributed by atoms with Gasteiger partial charge in [0.25, 0.3) is 11.8 Å². The van der Waals surface area contributed by atoms with Gasteiger partial charge in [-0.2, -0.15) is 0 Å². The number of aryl methyl sites for hydroxylation is 1. The SMILES string of the molecule is COc1ccc2c(OC3CC4C(=O)NC5(C(=O)NS(=O)(=O)C6CC6)CC5C=CCCCCOC(C)C(=O)N4C3)cc(-c3nc(C(C)C)cs3)nc2c1C. The maximum Gasteiger partial charge on any atom is 0.259 e. The number of nitrogens with one attached hydrogen (secondary N) is 2. The van der Waals surface area contributed by atoms with Crippen molar-refractivity contribution in [3.05, 3.63) is 47.0 Å². The Morgan fingerprint density at radius 1 is 1.17 bits per heavy atom. The number of amides is 3. The highest BCUT2D eigenvalue weighted by Gasteiger charge is 2.62. The number of nitrogens with zero attached hydrogens (tertiary/aromatic N) is 3. The van der Waals surface area contributed by atoms with Crippen molar-refractivity contribution < 1.29 is 37.0 Å². The molecular formula is C38H47N5O8S2. The van der Waals surface area contributed by atoms with Gasteiger partial charge in [0.05, 0.1) is 30.1 Å². The lowest BCUT2D eigenvalue weighted by Gasteiger charge is -2.28. The summed E-state index contributed by atoms with van der Waals surface area (Å²) in [6.45, 7) is 8.25. The van der Waals surface area contributed by atoms with Crippen LogP contribution in [0.4, 0.5) is 0 Å². The van der Waals surface area contributed by atoms with Gasteiger partial charge in [0.2, 0.25) is 15.9 Å². The fourth-order valence-electron chi connectivity index (χ4n) is 7.19. The summed E-state index contributed by atoms with van der Waals surface area (Å²) in [4.78, 5) is 53.2. The second-order valence-corrected chi connectivity index (χ2v) is 17.7. The Kier molecular flexibility index (Phi) is 10.3. The van der Waals surface area contributed by atoms with Crippen molar-refractivity contribution >= 4 is 50.0 Å². The number of aromatic nitrogens is 2. The van der Waals surface area contributed by atoms with Crippen LogP contribution >= 0.6 is 11.3 Å². The van der Waals surface area contributed by atoms with Crippen molar-refractivity contribution in [2.45, 2.75) is 108 Å². The largest absolute Gasteiger partial charge is 0.496 e. The van der Waals surface area contributed by atoms with Crippen LogP contribution in [-0.2, 0) is 29.1 Å². The number of carbonyl (C=O) groups is 3. The van der Waals surface area contributed by atoms with E-state index in [1.807, 2.05) is 42.7 Å². The summed E-state index contributed by atoms with van der Waals surface area (Å²) < 4.78 is 46.1. The van der Waals surface area contributed by atoms with Gasteiger partial charge >= 0.3 is 0 Å². The number of hydrogen-bond acceptors (Lipinski definition) is 11. The standard InChI is InChI=1S/C38H47N5O8S2/c1-21(2)29-20-52-35(40-29)28-17-32(27-13-14-31(49-5)22(3)33(27)39-28)51-25-16-30-34(44)41-38(37(46)42-53(47,48)26-11-12-26)18-24(38)10-8-6-7-9-15-50-23(4)36(45)43(30)19-25/h8,10,13-14,17,20-21,23-26,30H,6-7,9,11-12,15-16,18-19H2,1-5H3,(H,41,44)(H,42,46). The Hall–Kier alpha value is -4.08. The van der Waals surface area contributed by atoms with Gasteiger partial charge in [-0.05, 0) is 70.4 Å². The molecule has 3 amide bonds. The fraction of sp³-hybridized carbons (Fsp3) is 0.553. The molecule has 0 spiro atoms. The minimum Gasteiger partial charge on any atom is -0.496 e. The molecule has 13 nitrogen and oxygen atoms in total. The van der Waals surface area contributed by atoms with E-state index >= 15 is 0 Å². The molecule has 0 bridgehead atoms. The molecule has 5 unspecified atom stereocenters. The molecule has 3 aromatic rings. The van der Waals surface area contributed by atoms with Crippen LogP contribution in [0.5, 0.6) is 11.5 Å². The molecule has 3 fully saturated rings. The van der Waals surface area contributed by atoms with E-state index in [4.69, 9.17) is 24.2 Å². The molecule has 4 heterocycles. The summed E-state index contributed by atoms with van der Waals surface area (Å²) in [5.41, 5.74) is 1.66. The highest BCUT2D eigenvalue weighted by atomic mass is 32.2. The Morgan fingerprint density at radius 3 is 2.68 bits per heavy atom. The number of fused-ring (bicyclic) bond motifs is 3. The van der Waals surface area contributed by atoms with Crippen LogP contribution in [0.1, 0.15) is 82.9 Å². The lowest BCUT2D eigenvalue weighted by molar-refractivity contribution is -0.147. The third-order valence-electron chi connectivity index (χ3n) is 10.7.